The summed E-state index contributed by atoms with van der Waals surface area (Å²) in [5.41, 5.74) is 2.15. The lowest BCUT2D eigenvalue weighted by molar-refractivity contribution is 0.188. The van der Waals surface area contributed by atoms with Crippen LogP contribution in [0.25, 0.3) is 11.3 Å². The van der Waals surface area contributed by atoms with Crippen LogP contribution in [0.5, 0.6) is 5.88 Å². The highest BCUT2D eigenvalue weighted by molar-refractivity contribution is 5.74. The fourth-order valence-electron chi connectivity index (χ4n) is 4.90. The van der Waals surface area contributed by atoms with Crippen molar-refractivity contribution in [2.45, 2.75) is 24.6 Å². The van der Waals surface area contributed by atoms with Crippen molar-refractivity contribution >= 4 is 17.2 Å². The maximum Gasteiger partial charge on any atom is 0.219 e. The van der Waals surface area contributed by atoms with E-state index in [1.165, 1.54) is 6.07 Å². The number of ether oxygens (including phenoxy) is 1. The summed E-state index contributed by atoms with van der Waals surface area (Å²) in [7, 11) is 0. The summed E-state index contributed by atoms with van der Waals surface area (Å²) in [5, 5.41) is 7.34. The summed E-state index contributed by atoms with van der Waals surface area (Å²) < 4.78 is 36.1. The molecule has 1 saturated heterocycles. The smallest absolute Gasteiger partial charge is 0.219 e. The quantitative estimate of drug-likeness (QED) is 0.615. The molecule has 2 bridgehead atoms. The van der Waals surface area contributed by atoms with Crippen molar-refractivity contribution in [2.75, 3.05) is 24.6 Å². The molecule has 7 nitrogen and oxygen atoms in total. The van der Waals surface area contributed by atoms with Crippen LogP contribution in [0.4, 0.5) is 14.6 Å². The zero-order valence-electron chi connectivity index (χ0n) is 16.2. The first kappa shape index (κ1) is 17.6. The van der Waals surface area contributed by atoms with Crippen molar-refractivity contribution in [3.05, 3.63) is 54.2 Å². The maximum absolute atomic E-state index is 14.5. The minimum Gasteiger partial charge on any atom is -0.474 e. The predicted octanol–water partition coefficient (Wildman–Crippen LogP) is 2.68. The molecule has 2 aliphatic heterocycles. The van der Waals surface area contributed by atoms with Crippen molar-refractivity contribution in [2.24, 2.45) is 5.92 Å². The van der Waals surface area contributed by atoms with Crippen LogP contribution in [0.3, 0.4) is 0 Å². The Morgan fingerprint density at radius 1 is 1.33 bits per heavy atom. The van der Waals surface area contributed by atoms with E-state index >= 15 is 0 Å². The number of alkyl halides is 1. The number of fused-ring (bicyclic) bond motifs is 3. The topological polar surface area (TPSA) is 67.6 Å². The Morgan fingerprint density at radius 2 is 2.23 bits per heavy atom. The zero-order valence-corrected chi connectivity index (χ0v) is 16.2. The van der Waals surface area contributed by atoms with E-state index in [4.69, 9.17) is 9.72 Å². The third-order valence-electron chi connectivity index (χ3n) is 6.43. The Hall–Kier alpha value is -3.23. The third-order valence-corrected chi connectivity index (χ3v) is 6.43. The molecule has 2 fully saturated rings. The summed E-state index contributed by atoms with van der Waals surface area (Å²) >= 11 is 0. The molecule has 1 N–H and O–H groups in total. The van der Waals surface area contributed by atoms with E-state index in [1.807, 2.05) is 12.3 Å². The van der Waals surface area contributed by atoms with Crippen molar-refractivity contribution in [3.8, 4) is 5.88 Å². The van der Waals surface area contributed by atoms with E-state index in [0.717, 1.165) is 37.0 Å². The second-order valence-corrected chi connectivity index (χ2v) is 8.15. The van der Waals surface area contributed by atoms with E-state index in [1.54, 1.807) is 10.7 Å². The molecule has 0 radical (unpaired) electrons. The van der Waals surface area contributed by atoms with Crippen LogP contribution in [0.15, 0.2) is 37.3 Å². The lowest BCUT2D eigenvalue weighted by Gasteiger charge is -2.31. The van der Waals surface area contributed by atoms with Crippen molar-refractivity contribution < 1.29 is 13.5 Å². The first-order valence-corrected chi connectivity index (χ1v) is 10.0. The molecule has 0 aromatic carbocycles. The number of aromatic nitrogens is 4. The molecule has 9 heteroatoms. The summed E-state index contributed by atoms with van der Waals surface area (Å²) in [6.07, 6.45) is 5.18. The molecule has 0 amide bonds. The van der Waals surface area contributed by atoms with Crippen LogP contribution in [-0.2, 0) is 5.54 Å². The van der Waals surface area contributed by atoms with Crippen LogP contribution in [0.1, 0.15) is 24.0 Å². The Bertz CT molecular complexity index is 1180. The van der Waals surface area contributed by atoms with E-state index < -0.39 is 17.5 Å². The van der Waals surface area contributed by atoms with Gasteiger partial charge in [-0.25, -0.2) is 23.3 Å². The van der Waals surface area contributed by atoms with Gasteiger partial charge in [0.1, 0.15) is 18.2 Å². The van der Waals surface area contributed by atoms with Gasteiger partial charge in [-0.1, -0.05) is 6.58 Å². The van der Waals surface area contributed by atoms with Gasteiger partial charge in [-0.2, -0.15) is 5.10 Å². The normalized spacial score (nSPS) is 27.7. The molecule has 1 unspecified atom stereocenters. The molecule has 5 heterocycles. The monoisotopic (exact) mass is 410 g/mol. The molecule has 1 spiro atoms. The minimum absolute atomic E-state index is 0.0201. The third kappa shape index (κ3) is 2.44. The molecule has 154 valence electrons. The van der Waals surface area contributed by atoms with E-state index in [9.17, 15) is 8.78 Å². The fraction of sp³-hybridized carbons (Fsp3) is 0.381. The average Bonchev–Trinajstić information content (AvgIpc) is 3.13. The lowest BCUT2D eigenvalue weighted by atomic mass is 10.0. The van der Waals surface area contributed by atoms with Gasteiger partial charge in [0, 0.05) is 30.5 Å². The van der Waals surface area contributed by atoms with Gasteiger partial charge in [-0.05, 0) is 30.9 Å². The second kappa shape index (κ2) is 6.13. The number of piperidine rings is 1. The summed E-state index contributed by atoms with van der Waals surface area (Å²) in [5.74, 6) is 1.00. The van der Waals surface area contributed by atoms with Crippen LogP contribution >= 0.6 is 0 Å². The number of rotatable bonds is 0. The summed E-state index contributed by atoms with van der Waals surface area (Å²) in [6, 6.07) is 3.39. The van der Waals surface area contributed by atoms with Gasteiger partial charge >= 0.3 is 0 Å². The van der Waals surface area contributed by atoms with Gasteiger partial charge < -0.3 is 15.0 Å². The molecule has 3 atom stereocenters. The highest BCUT2D eigenvalue weighted by Gasteiger charge is 2.65. The zero-order chi connectivity index (χ0) is 20.5. The molecule has 3 aliphatic rings. The number of halogens is 2. The molecule has 6 rings (SSSR count). The van der Waals surface area contributed by atoms with Gasteiger partial charge in [0.2, 0.25) is 5.88 Å². The Labute approximate surface area is 171 Å². The number of pyridine rings is 1. The second-order valence-electron chi connectivity index (χ2n) is 8.15. The van der Waals surface area contributed by atoms with Crippen LogP contribution < -0.4 is 15.0 Å². The average molecular weight is 410 g/mol. The summed E-state index contributed by atoms with van der Waals surface area (Å²) in [6.45, 7) is 4.65. The number of hydrogen-bond donors (Lipinski definition) is 1. The van der Waals surface area contributed by atoms with Gasteiger partial charge in [-0.3, -0.25) is 0 Å². The molecule has 1 saturated carbocycles. The Balaban J connectivity index is 1.55. The molecule has 3 aromatic heterocycles. The van der Waals surface area contributed by atoms with Crippen molar-refractivity contribution in [1.29, 1.82) is 0 Å². The van der Waals surface area contributed by atoms with Crippen molar-refractivity contribution in [3.63, 3.8) is 0 Å². The van der Waals surface area contributed by atoms with Gasteiger partial charge in [0.05, 0.1) is 23.5 Å². The number of nitrogens with one attached hydrogen (secondary N) is 1. The van der Waals surface area contributed by atoms with Crippen LogP contribution in [-0.4, -0.2) is 45.5 Å². The summed E-state index contributed by atoms with van der Waals surface area (Å²) in [4.78, 5) is 11.2. The first-order chi connectivity index (χ1) is 14.6. The minimum atomic E-state index is -1.29. The largest absolute Gasteiger partial charge is 0.474 e. The SMILES string of the molecule is C=C1NCC(F)COc2ncc(F)cc2[C@@]23C[C@@H]2CCN3c2ccn3ncc1c3n2. The standard InChI is InChI=1S/C21H20F2N6O/c1-12-16-10-26-29-5-3-18(27-19(16)29)28-4-2-13-7-21(13,28)17-6-14(22)8-25-20(17)30-11-15(23)9-24-12/h3,5-6,8,10,13,15,24H,1-2,4,7,9,11H2/t13-,15?,21+/m0/s1. The van der Waals surface area contributed by atoms with E-state index in [2.05, 4.69) is 26.9 Å². The lowest BCUT2D eigenvalue weighted by Crippen LogP contribution is -2.35. The van der Waals surface area contributed by atoms with Gasteiger partial charge in [0.15, 0.2) is 11.8 Å². The molecular weight excluding hydrogens is 390 g/mol. The maximum atomic E-state index is 14.5. The number of anilines is 1. The molecule has 30 heavy (non-hydrogen) atoms. The number of hydrogen-bond acceptors (Lipinski definition) is 6. The molecule has 3 aromatic rings. The van der Waals surface area contributed by atoms with Gasteiger partial charge in [-0.15, -0.1) is 0 Å². The van der Waals surface area contributed by atoms with E-state index in [-0.39, 0.29) is 19.0 Å². The molecular formula is C21H20F2N6O. The van der Waals surface area contributed by atoms with E-state index in [0.29, 0.717) is 22.8 Å². The Kier molecular flexibility index (Phi) is 3.60. The first-order valence-electron chi connectivity index (χ1n) is 10.0. The fourth-order valence-corrected chi connectivity index (χ4v) is 4.90. The molecule has 1 aliphatic carbocycles. The van der Waals surface area contributed by atoms with Crippen LogP contribution in [0.2, 0.25) is 0 Å². The highest BCUT2D eigenvalue weighted by atomic mass is 19.1. The highest BCUT2D eigenvalue weighted by Crippen LogP contribution is 2.64. The van der Waals surface area contributed by atoms with Crippen molar-refractivity contribution in [1.82, 2.24) is 24.9 Å². The van der Waals surface area contributed by atoms with Crippen LogP contribution in [0, 0.1) is 11.7 Å². The van der Waals surface area contributed by atoms with Gasteiger partial charge in [0.25, 0.3) is 0 Å². The predicted molar refractivity (Wildman–Crippen MR) is 106 cm³/mol. The number of nitrogens with zero attached hydrogens (tertiary/aromatic N) is 5. The Morgan fingerprint density at radius 3 is 3.10 bits per heavy atom.